The molecule has 0 bridgehead atoms. The molecule has 1 amide bonds. The van der Waals surface area contributed by atoms with Crippen LogP contribution in [0.5, 0.6) is 0 Å². The Hall–Kier alpha value is -1.95. The molecule has 1 aliphatic heterocycles. The number of carbonyl (C=O) groups is 1. The first kappa shape index (κ1) is 15.4. The molecule has 6 heteroatoms. The molecule has 0 spiro atoms. The molecular formula is C15H21N3O3. The molecule has 1 aliphatic rings. The van der Waals surface area contributed by atoms with E-state index in [4.69, 9.17) is 0 Å². The van der Waals surface area contributed by atoms with E-state index in [9.17, 15) is 14.9 Å². The summed E-state index contributed by atoms with van der Waals surface area (Å²) in [6, 6.07) is 4.49. The van der Waals surface area contributed by atoms with E-state index in [0.717, 1.165) is 13.0 Å². The topological polar surface area (TPSA) is 84.3 Å². The van der Waals surface area contributed by atoms with Gasteiger partial charge in [0.15, 0.2) is 0 Å². The number of aryl methyl sites for hydroxylation is 1. The van der Waals surface area contributed by atoms with E-state index in [0.29, 0.717) is 17.8 Å². The Bertz CT molecular complexity index is 563. The number of amides is 1. The van der Waals surface area contributed by atoms with Gasteiger partial charge in [-0.25, -0.2) is 0 Å². The summed E-state index contributed by atoms with van der Waals surface area (Å²) in [5.41, 5.74) is 0.959. The van der Waals surface area contributed by atoms with Crippen LogP contribution < -0.4 is 10.6 Å². The zero-order valence-electron chi connectivity index (χ0n) is 12.6. The second-order valence-corrected chi connectivity index (χ2v) is 5.95. The number of benzene rings is 1. The summed E-state index contributed by atoms with van der Waals surface area (Å²) in [6.45, 7) is 7.37. The molecule has 114 valence electrons. The van der Waals surface area contributed by atoms with E-state index in [2.05, 4.69) is 24.5 Å². The molecule has 0 aliphatic carbocycles. The maximum Gasteiger partial charge on any atom is 0.269 e. The number of non-ortho nitro benzene ring substituents is 1. The predicted octanol–water partition coefficient (Wildman–Crippen LogP) is 2.48. The number of nitro benzene ring substituents is 1. The van der Waals surface area contributed by atoms with E-state index in [1.54, 1.807) is 13.0 Å². The molecule has 1 heterocycles. The maximum atomic E-state index is 12.7. The molecule has 1 unspecified atom stereocenters. The fourth-order valence-electron chi connectivity index (χ4n) is 2.81. The van der Waals surface area contributed by atoms with Crippen molar-refractivity contribution in [2.45, 2.75) is 27.2 Å². The van der Waals surface area contributed by atoms with Crippen molar-refractivity contribution in [2.75, 3.05) is 18.4 Å². The van der Waals surface area contributed by atoms with Crippen molar-refractivity contribution in [1.82, 2.24) is 5.32 Å². The number of hydrogen-bond acceptors (Lipinski definition) is 4. The van der Waals surface area contributed by atoms with Gasteiger partial charge in [0.1, 0.15) is 0 Å². The van der Waals surface area contributed by atoms with E-state index in [1.807, 2.05) is 0 Å². The van der Waals surface area contributed by atoms with E-state index in [1.165, 1.54) is 12.1 Å². The van der Waals surface area contributed by atoms with Crippen LogP contribution in [0.4, 0.5) is 11.4 Å². The Kier molecular flexibility index (Phi) is 4.27. The lowest BCUT2D eigenvalue weighted by Gasteiger charge is -2.31. The van der Waals surface area contributed by atoms with Gasteiger partial charge in [0.05, 0.1) is 10.3 Å². The van der Waals surface area contributed by atoms with Gasteiger partial charge in [-0.05, 0) is 37.4 Å². The molecule has 2 N–H and O–H groups in total. The van der Waals surface area contributed by atoms with Gasteiger partial charge in [-0.1, -0.05) is 13.8 Å². The first-order chi connectivity index (χ1) is 9.86. The Balaban J connectivity index is 2.21. The molecule has 1 aromatic carbocycles. The molecule has 1 aromatic rings. The monoisotopic (exact) mass is 291 g/mol. The normalized spacial score (nSPS) is 21.5. The van der Waals surface area contributed by atoms with Crippen LogP contribution in [0.1, 0.15) is 25.8 Å². The van der Waals surface area contributed by atoms with Crippen LogP contribution in [-0.2, 0) is 4.79 Å². The van der Waals surface area contributed by atoms with Crippen LogP contribution in [-0.4, -0.2) is 23.9 Å². The van der Waals surface area contributed by atoms with Crippen LogP contribution >= 0.6 is 0 Å². The van der Waals surface area contributed by atoms with Gasteiger partial charge in [0, 0.05) is 24.4 Å². The zero-order chi connectivity index (χ0) is 15.6. The summed E-state index contributed by atoms with van der Waals surface area (Å²) in [5.74, 6) is 0.213. The van der Waals surface area contributed by atoms with Crippen LogP contribution in [0, 0.1) is 28.4 Å². The fraction of sp³-hybridized carbons (Fsp3) is 0.533. The highest BCUT2D eigenvalue weighted by Gasteiger charge is 2.43. The van der Waals surface area contributed by atoms with Gasteiger partial charge in [-0.2, -0.15) is 0 Å². The average molecular weight is 291 g/mol. The third-order valence-corrected chi connectivity index (χ3v) is 4.41. The highest BCUT2D eigenvalue weighted by atomic mass is 16.6. The Morgan fingerprint density at radius 2 is 2.19 bits per heavy atom. The second-order valence-electron chi connectivity index (χ2n) is 5.95. The minimum absolute atomic E-state index is 0.0144. The highest BCUT2D eigenvalue weighted by Crippen LogP contribution is 2.36. The summed E-state index contributed by atoms with van der Waals surface area (Å²) in [5, 5.41) is 16.9. The fourth-order valence-corrected chi connectivity index (χ4v) is 2.81. The van der Waals surface area contributed by atoms with Crippen LogP contribution in [0.25, 0.3) is 0 Å². The van der Waals surface area contributed by atoms with E-state index in [-0.39, 0.29) is 17.5 Å². The number of nitro groups is 1. The number of nitrogens with one attached hydrogen (secondary N) is 2. The SMILES string of the molecule is Cc1cc([N+](=O)[O-])ccc1NC(=O)C1(C(C)C)CCNC1. The van der Waals surface area contributed by atoms with Gasteiger partial charge in [0.25, 0.3) is 5.69 Å². The van der Waals surface area contributed by atoms with Crippen LogP contribution in [0.2, 0.25) is 0 Å². The molecular weight excluding hydrogens is 270 g/mol. The van der Waals surface area contributed by atoms with E-state index < -0.39 is 10.3 Å². The minimum Gasteiger partial charge on any atom is -0.325 e. The summed E-state index contributed by atoms with van der Waals surface area (Å²) in [4.78, 5) is 23.0. The van der Waals surface area contributed by atoms with Crippen molar-refractivity contribution >= 4 is 17.3 Å². The number of rotatable bonds is 4. The number of anilines is 1. The van der Waals surface area contributed by atoms with Crippen molar-refractivity contribution < 1.29 is 9.72 Å². The molecule has 1 fully saturated rings. The lowest BCUT2D eigenvalue weighted by atomic mass is 9.75. The summed E-state index contributed by atoms with van der Waals surface area (Å²) in [6.07, 6.45) is 0.808. The number of hydrogen-bond donors (Lipinski definition) is 2. The lowest BCUT2D eigenvalue weighted by Crippen LogP contribution is -2.42. The second kappa shape index (κ2) is 5.81. The molecule has 1 atom stereocenters. The van der Waals surface area contributed by atoms with Crippen LogP contribution in [0.15, 0.2) is 18.2 Å². The molecule has 0 radical (unpaired) electrons. The average Bonchev–Trinajstić information content (AvgIpc) is 2.91. The summed E-state index contributed by atoms with van der Waals surface area (Å²) >= 11 is 0. The smallest absolute Gasteiger partial charge is 0.269 e. The third kappa shape index (κ3) is 2.90. The first-order valence-electron chi connectivity index (χ1n) is 7.14. The Labute approximate surface area is 124 Å². The van der Waals surface area contributed by atoms with E-state index >= 15 is 0 Å². The summed E-state index contributed by atoms with van der Waals surface area (Å²) in [7, 11) is 0. The Morgan fingerprint density at radius 3 is 2.67 bits per heavy atom. The molecule has 1 saturated heterocycles. The Morgan fingerprint density at radius 1 is 1.48 bits per heavy atom. The number of nitrogens with zero attached hydrogens (tertiary/aromatic N) is 1. The first-order valence-corrected chi connectivity index (χ1v) is 7.14. The van der Waals surface area contributed by atoms with Crippen molar-refractivity contribution in [3.8, 4) is 0 Å². The summed E-state index contributed by atoms with van der Waals surface area (Å²) < 4.78 is 0. The molecule has 21 heavy (non-hydrogen) atoms. The molecule has 0 aromatic heterocycles. The largest absolute Gasteiger partial charge is 0.325 e. The predicted molar refractivity (Wildman–Crippen MR) is 81.2 cm³/mol. The van der Waals surface area contributed by atoms with Gasteiger partial charge >= 0.3 is 0 Å². The quantitative estimate of drug-likeness (QED) is 0.659. The van der Waals surface area contributed by atoms with Gasteiger partial charge in [0.2, 0.25) is 5.91 Å². The van der Waals surface area contributed by atoms with Crippen LogP contribution in [0.3, 0.4) is 0 Å². The lowest BCUT2D eigenvalue weighted by molar-refractivity contribution is -0.384. The third-order valence-electron chi connectivity index (χ3n) is 4.41. The van der Waals surface area contributed by atoms with Crippen molar-refractivity contribution in [3.63, 3.8) is 0 Å². The molecule has 2 rings (SSSR count). The standard InChI is InChI=1S/C15H21N3O3/c1-10(2)15(6-7-16-9-15)14(19)17-13-5-4-12(18(20)21)8-11(13)3/h4-5,8,10,16H,6-7,9H2,1-3H3,(H,17,19). The van der Waals surface area contributed by atoms with Gasteiger partial charge in [-0.3, -0.25) is 14.9 Å². The highest BCUT2D eigenvalue weighted by molar-refractivity contribution is 5.96. The van der Waals surface area contributed by atoms with Crippen molar-refractivity contribution in [1.29, 1.82) is 0 Å². The maximum absolute atomic E-state index is 12.7. The van der Waals surface area contributed by atoms with Gasteiger partial charge in [-0.15, -0.1) is 0 Å². The van der Waals surface area contributed by atoms with Gasteiger partial charge < -0.3 is 10.6 Å². The van der Waals surface area contributed by atoms with Crippen molar-refractivity contribution in [3.05, 3.63) is 33.9 Å². The number of carbonyl (C=O) groups excluding carboxylic acids is 1. The molecule has 0 saturated carbocycles. The minimum atomic E-state index is -0.435. The van der Waals surface area contributed by atoms with Crippen molar-refractivity contribution in [2.24, 2.45) is 11.3 Å². The zero-order valence-corrected chi connectivity index (χ0v) is 12.6. The molecule has 6 nitrogen and oxygen atoms in total.